The van der Waals surface area contributed by atoms with Crippen LogP contribution in [0.3, 0.4) is 0 Å². The Morgan fingerprint density at radius 3 is 2.88 bits per heavy atom. The molecule has 1 spiro atoms. The SMILES string of the molecule is COc1cc(N2CCC3(CC2)C[C@H](OCc2ccccn2)CO3)ncn1. The highest BCUT2D eigenvalue weighted by atomic mass is 16.6. The Morgan fingerprint density at radius 1 is 1.23 bits per heavy atom. The number of hydrogen-bond acceptors (Lipinski definition) is 7. The van der Waals surface area contributed by atoms with Crippen molar-refractivity contribution in [1.82, 2.24) is 15.0 Å². The van der Waals surface area contributed by atoms with Gasteiger partial charge in [0, 0.05) is 31.8 Å². The maximum Gasteiger partial charge on any atom is 0.218 e. The molecule has 2 aliphatic rings. The van der Waals surface area contributed by atoms with E-state index in [0.717, 1.165) is 43.9 Å². The number of piperidine rings is 1. The summed E-state index contributed by atoms with van der Waals surface area (Å²) in [6.07, 6.45) is 6.38. The summed E-state index contributed by atoms with van der Waals surface area (Å²) in [6, 6.07) is 7.76. The Balaban J connectivity index is 1.30. The van der Waals surface area contributed by atoms with Gasteiger partial charge in [0.25, 0.3) is 0 Å². The molecule has 2 aromatic heterocycles. The fraction of sp³-hybridized carbons (Fsp3) is 0.526. The lowest BCUT2D eigenvalue weighted by molar-refractivity contribution is -0.0205. The highest BCUT2D eigenvalue weighted by Gasteiger charge is 2.43. The lowest BCUT2D eigenvalue weighted by Gasteiger charge is -2.39. The molecule has 0 aliphatic carbocycles. The normalized spacial score (nSPS) is 21.9. The Morgan fingerprint density at radius 2 is 2.12 bits per heavy atom. The van der Waals surface area contributed by atoms with Crippen LogP contribution in [0.4, 0.5) is 5.82 Å². The first-order valence-electron chi connectivity index (χ1n) is 9.03. The monoisotopic (exact) mass is 356 g/mol. The van der Waals surface area contributed by atoms with Gasteiger partial charge in [-0.05, 0) is 25.0 Å². The second-order valence-corrected chi connectivity index (χ2v) is 6.86. The summed E-state index contributed by atoms with van der Waals surface area (Å²) >= 11 is 0. The molecule has 0 unspecified atom stereocenters. The number of anilines is 1. The molecule has 1 atom stereocenters. The van der Waals surface area contributed by atoms with Crippen LogP contribution in [0, 0.1) is 0 Å². The average molecular weight is 356 g/mol. The molecular formula is C19H24N4O3. The molecular weight excluding hydrogens is 332 g/mol. The van der Waals surface area contributed by atoms with E-state index in [9.17, 15) is 0 Å². The van der Waals surface area contributed by atoms with Crippen LogP contribution in [-0.4, -0.2) is 53.5 Å². The van der Waals surface area contributed by atoms with Gasteiger partial charge in [0.2, 0.25) is 5.88 Å². The van der Waals surface area contributed by atoms with E-state index < -0.39 is 0 Å². The van der Waals surface area contributed by atoms with Crippen LogP contribution in [0.5, 0.6) is 5.88 Å². The third-order valence-electron chi connectivity index (χ3n) is 5.20. The number of pyridine rings is 1. The molecule has 4 heterocycles. The van der Waals surface area contributed by atoms with E-state index in [1.54, 1.807) is 19.6 Å². The molecule has 0 amide bonds. The molecule has 7 heteroatoms. The summed E-state index contributed by atoms with van der Waals surface area (Å²) < 4.78 is 17.4. The Kier molecular flexibility index (Phi) is 4.99. The largest absolute Gasteiger partial charge is 0.481 e. The van der Waals surface area contributed by atoms with Crippen LogP contribution in [0.2, 0.25) is 0 Å². The molecule has 7 nitrogen and oxygen atoms in total. The topological polar surface area (TPSA) is 69.6 Å². The van der Waals surface area contributed by atoms with E-state index in [-0.39, 0.29) is 11.7 Å². The zero-order chi connectivity index (χ0) is 17.8. The molecule has 0 saturated carbocycles. The van der Waals surface area contributed by atoms with Crippen molar-refractivity contribution in [3.05, 3.63) is 42.5 Å². The summed E-state index contributed by atoms with van der Waals surface area (Å²) in [5, 5.41) is 0. The van der Waals surface area contributed by atoms with Crippen molar-refractivity contribution in [2.75, 3.05) is 31.7 Å². The van der Waals surface area contributed by atoms with Gasteiger partial charge in [-0.2, -0.15) is 0 Å². The predicted octanol–water partition coefficient (Wildman–Crippen LogP) is 2.22. The number of hydrogen-bond donors (Lipinski definition) is 0. The minimum absolute atomic E-state index is 0.0671. The zero-order valence-electron chi connectivity index (χ0n) is 15.0. The van der Waals surface area contributed by atoms with E-state index in [1.807, 2.05) is 24.3 Å². The third kappa shape index (κ3) is 3.78. The molecule has 0 N–H and O–H groups in total. The van der Waals surface area contributed by atoms with Gasteiger partial charge in [-0.15, -0.1) is 0 Å². The van der Waals surface area contributed by atoms with Crippen molar-refractivity contribution in [2.24, 2.45) is 0 Å². The second kappa shape index (κ2) is 7.55. The van der Waals surface area contributed by atoms with Crippen molar-refractivity contribution in [3.63, 3.8) is 0 Å². The van der Waals surface area contributed by atoms with Crippen LogP contribution >= 0.6 is 0 Å². The van der Waals surface area contributed by atoms with E-state index in [4.69, 9.17) is 14.2 Å². The predicted molar refractivity (Wildman–Crippen MR) is 96.1 cm³/mol. The van der Waals surface area contributed by atoms with E-state index in [0.29, 0.717) is 19.1 Å². The minimum Gasteiger partial charge on any atom is -0.481 e. The summed E-state index contributed by atoms with van der Waals surface area (Å²) in [7, 11) is 1.62. The minimum atomic E-state index is -0.0671. The van der Waals surface area contributed by atoms with Crippen LogP contribution in [0.1, 0.15) is 25.0 Å². The van der Waals surface area contributed by atoms with E-state index in [1.165, 1.54) is 0 Å². The maximum absolute atomic E-state index is 6.18. The quantitative estimate of drug-likeness (QED) is 0.813. The van der Waals surface area contributed by atoms with Gasteiger partial charge in [-0.3, -0.25) is 4.98 Å². The number of nitrogens with zero attached hydrogens (tertiary/aromatic N) is 4. The van der Waals surface area contributed by atoms with Gasteiger partial charge in [0.05, 0.1) is 37.7 Å². The Hall–Kier alpha value is -2.25. The molecule has 138 valence electrons. The van der Waals surface area contributed by atoms with Crippen molar-refractivity contribution < 1.29 is 14.2 Å². The van der Waals surface area contributed by atoms with Gasteiger partial charge < -0.3 is 19.1 Å². The van der Waals surface area contributed by atoms with Crippen LogP contribution < -0.4 is 9.64 Å². The van der Waals surface area contributed by atoms with Crippen molar-refractivity contribution in [1.29, 1.82) is 0 Å². The lowest BCUT2D eigenvalue weighted by Crippen LogP contribution is -2.44. The van der Waals surface area contributed by atoms with Crippen molar-refractivity contribution in [2.45, 2.75) is 37.6 Å². The Bertz CT molecular complexity index is 720. The van der Waals surface area contributed by atoms with Gasteiger partial charge in [-0.25, -0.2) is 9.97 Å². The molecule has 4 rings (SSSR count). The molecule has 2 aromatic rings. The molecule has 2 saturated heterocycles. The zero-order valence-corrected chi connectivity index (χ0v) is 15.0. The molecule has 2 aliphatic heterocycles. The summed E-state index contributed by atoms with van der Waals surface area (Å²) in [6.45, 7) is 3.02. The van der Waals surface area contributed by atoms with Crippen molar-refractivity contribution in [3.8, 4) is 5.88 Å². The maximum atomic E-state index is 6.18. The fourth-order valence-electron chi connectivity index (χ4n) is 3.70. The highest BCUT2D eigenvalue weighted by molar-refractivity contribution is 5.41. The number of methoxy groups -OCH3 is 1. The first-order chi connectivity index (χ1) is 12.8. The molecule has 0 aromatic carbocycles. The van der Waals surface area contributed by atoms with E-state index in [2.05, 4.69) is 19.9 Å². The Labute approximate surface area is 153 Å². The van der Waals surface area contributed by atoms with E-state index >= 15 is 0 Å². The molecule has 0 bridgehead atoms. The van der Waals surface area contributed by atoms with Gasteiger partial charge in [0.1, 0.15) is 12.1 Å². The number of ether oxygens (including phenoxy) is 3. The number of rotatable bonds is 5. The second-order valence-electron chi connectivity index (χ2n) is 6.86. The van der Waals surface area contributed by atoms with Crippen LogP contribution in [0.15, 0.2) is 36.8 Å². The number of aromatic nitrogens is 3. The van der Waals surface area contributed by atoms with Gasteiger partial charge in [-0.1, -0.05) is 6.07 Å². The fourth-order valence-corrected chi connectivity index (χ4v) is 3.70. The summed E-state index contributed by atoms with van der Waals surface area (Å²) in [4.78, 5) is 15.0. The smallest absolute Gasteiger partial charge is 0.218 e. The lowest BCUT2D eigenvalue weighted by atomic mass is 9.88. The molecule has 0 radical (unpaired) electrons. The first kappa shape index (κ1) is 17.2. The van der Waals surface area contributed by atoms with Gasteiger partial charge in [0.15, 0.2) is 0 Å². The standard InChI is InChI=1S/C19H24N4O3/c1-24-18-10-17(21-14-22-18)23-8-5-19(6-9-23)11-16(13-26-19)25-12-15-4-2-3-7-20-15/h2-4,7,10,14,16H,5-6,8-9,11-13H2,1H3/t16-/m0/s1. The summed E-state index contributed by atoms with van der Waals surface area (Å²) in [5.74, 6) is 1.50. The molecule has 2 fully saturated rings. The average Bonchev–Trinajstić information content (AvgIpc) is 3.10. The highest BCUT2D eigenvalue weighted by Crippen LogP contribution is 2.38. The molecule has 26 heavy (non-hydrogen) atoms. The van der Waals surface area contributed by atoms with Crippen LogP contribution in [0.25, 0.3) is 0 Å². The third-order valence-corrected chi connectivity index (χ3v) is 5.20. The van der Waals surface area contributed by atoms with Crippen molar-refractivity contribution >= 4 is 5.82 Å². The first-order valence-corrected chi connectivity index (χ1v) is 9.03. The van der Waals surface area contributed by atoms with Crippen LogP contribution in [-0.2, 0) is 16.1 Å². The van der Waals surface area contributed by atoms with Gasteiger partial charge >= 0.3 is 0 Å². The summed E-state index contributed by atoms with van der Waals surface area (Å²) in [5.41, 5.74) is 0.892.